The SMILES string of the molecule is N#C/N=C(\NCc1ccc(S(=O)(=O)c2ccc3ncccc3c2)cc1)Nc1ccncc1. The fourth-order valence-corrected chi connectivity index (χ4v) is 4.36. The van der Waals surface area contributed by atoms with Crippen molar-refractivity contribution in [3.8, 4) is 6.19 Å². The van der Waals surface area contributed by atoms with Gasteiger partial charge >= 0.3 is 0 Å². The average Bonchev–Trinajstić information content (AvgIpc) is 2.83. The normalized spacial score (nSPS) is 11.7. The zero-order chi connectivity index (χ0) is 22.4. The molecule has 0 spiro atoms. The molecule has 8 nitrogen and oxygen atoms in total. The zero-order valence-electron chi connectivity index (χ0n) is 16.8. The standard InChI is InChI=1S/C23H18N6O2S/c24-16-28-23(29-19-9-12-25-13-10-19)27-15-17-3-5-20(6-4-17)32(30,31)21-7-8-22-18(14-21)2-1-11-26-22/h1-14H,15H2,(H2,25,27,28,29). The molecule has 0 aliphatic heterocycles. The fourth-order valence-electron chi connectivity index (χ4n) is 3.06. The van der Waals surface area contributed by atoms with E-state index < -0.39 is 9.84 Å². The zero-order valence-corrected chi connectivity index (χ0v) is 17.6. The number of fused-ring (bicyclic) bond motifs is 1. The van der Waals surface area contributed by atoms with Crippen molar-refractivity contribution in [2.24, 2.45) is 4.99 Å². The van der Waals surface area contributed by atoms with Crippen LogP contribution in [-0.2, 0) is 16.4 Å². The summed E-state index contributed by atoms with van der Waals surface area (Å²) < 4.78 is 26.1. The molecule has 0 atom stereocenters. The predicted octanol–water partition coefficient (Wildman–Crippen LogP) is 3.50. The number of hydrogen-bond acceptors (Lipinski definition) is 6. The second-order valence-corrected chi connectivity index (χ2v) is 8.73. The van der Waals surface area contributed by atoms with Gasteiger partial charge in [-0.05, 0) is 54.1 Å². The molecule has 2 heterocycles. The Hall–Kier alpha value is -4.29. The van der Waals surface area contributed by atoms with Crippen molar-refractivity contribution < 1.29 is 8.42 Å². The molecule has 0 aliphatic rings. The second-order valence-electron chi connectivity index (χ2n) is 6.78. The molecule has 158 valence electrons. The van der Waals surface area contributed by atoms with E-state index in [1.165, 1.54) is 0 Å². The van der Waals surface area contributed by atoms with Crippen LogP contribution >= 0.6 is 0 Å². The molecule has 0 fully saturated rings. The van der Waals surface area contributed by atoms with Gasteiger partial charge in [-0.25, -0.2) is 8.42 Å². The number of aliphatic imine (C=N–C) groups is 1. The van der Waals surface area contributed by atoms with Crippen molar-refractivity contribution in [3.63, 3.8) is 0 Å². The van der Waals surface area contributed by atoms with Gasteiger partial charge < -0.3 is 10.6 Å². The number of pyridine rings is 2. The first-order chi connectivity index (χ1) is 15.6. The van der Waals surface area contributed by atoms with E-state index >= 15 is 0 Å². The lowest BCUT2D eigenvalue weighted by Crippen LogP contribution is -2.30. The summed E-state index contributed by atoms with van der Waals surface area (Å²) in [6.07, 6.45) is 6.66. The molecular formula is C23H18N6O2S. The highest BCUT2D eigenvalue weighted by Gasteiger charge is 2.18. The lowest BCUT2D eigenvalue weighted by molar-refractivity contribution is 0.596. The van der Waals surface area contributed by atoms with Crippen molar-refractivity contribution >= 4 is 32.4 Å². The minimum atomic E-state index is -3.66. The predicted molar refractivity (Wildman–Crippen MR) is 121 cm³/mol. The van der Waals surface area contributed by atoms with Crippen molar-refractivity contribution in [2.45, 2.75) is 16.3 Å². The van der Waals surface area contributed by atoms with E-state index in [1.807, 2.05) is 6.07 Å². The topological polar surface area (TPSA) is 120 Å². The number of hydrogen-bond donors (Lipinski definition) is 2. The van der Waals surface area contributed by atoms with Gasteiger partial charge in [0.25, 0.3) is 0 Å². The number of benzene rings is 2. The van der Waals surface area contributed by atoms with Crippen LogP contribution in [0.1, 0.15) is 5.56 Å². The Kier molecular flexibility index (Phi) is 6.05. The van der Waals surface area contributed by atoms with Gasteiger partial charge in [0.1, 0.15) is 0 Å². The minimum Gasteiger partial charge on any atom is -0.351 e. The Labute approximate surface area is 185 Å². The summed E-state index contributed by atoms with van der Waals surface area (Å²) >= 11 is 0. The molecule has 9 heteroatoms. The maximum absolute atomic E-state index is 13.0. The Morgan fingerprint density at radius 3 is 2.47 bits per heavy atom. The van der Waals surface area contributed by atoms with Gasteiger partial charge in [-0.2, -0.15) is 5.26 Å². The maximum atomic E-state index is 13.0. The quantitative estimate of drug-likeness (QED) is 0.276. The molecule has 0 aliphatic carbocycles. The number of nitriles is 1. The van der Waals surface area contributed by atoms with Gasteiger partial charge in [0.05, 0.1) is 15.3 Å². The van der Waals surface area contributed by atoms with Gasteiger partial charge in [-0.3, -0.25) is 9.97 Å². The molecule has 0 bridgehead atoms. The first-order valence-corrected chi connectivity index (χ1v) is 11.1. The monoisotopic (exact) mass is 442 g/mol. The molecule has 4 rings (SSSR count). The molecule has 0 radical (unpaired) electrons. The van der Waals surface area contributed by atoms with Crippen LogP contribution in [0.5, 0.6) is 0 Å². The summed E-state index contributed by atoms with van der Waals surface area (Å²) in [5, 5.41) is 15.7. The summed E-state index contributed by atoms with van der Waals surface area (Å²) in [7, 11) is -3.66. The van der Waals surface area contributed by atoms with Gasteiger partial charge in [0.2, 0.25) is 22.0 Å². The van der Waals surface area contributed by atoms with Crippen molar-refractivity contribution in [1.29, 1.82) is 5.26 Å². The van der Waals surface area contributed by atoms with Crippen LogP contribution in [0.3, 0.4) is 0 Å². The van der Waals surface area contributed by atoms with Crippen LogP contribution in [0, 0.1) is 11.5 Å². The smallest absolute Gasteiger partial charge is 0.212 e. The highest BCUT2D eigenvalue weighted by atomic mass is 32.2. The Bertz CT molecular complexity index is 1410. The molecule has 32 heavy (non-hydrogen) atoms. The number of nitrogens with zero attached hydrogens (tertiary/aromatic N) is 4. The molecule has 2 aromatic carbocycles. The first kappa shape index (κ1) is 21.0. The second kappa shape index (κ2) is 9.24. The minimum absolute atomic E-state index is 0.199. The largest absolute Gasteiger partial charge is 0.351 e. The summed E-state index contributed by atoms with van der Waals surface area (Å²) in [4.78, 5) is 12.3. The molecule has 0 amide bonds. The van der Waals surface area contributed by atoms with Gasteiger partial charge in [0, 0.05) is 36.2 Å². The van der Waals surface area contributed by atoms with Gasteiger partial charge in [0.15, 0.2) is 0 Å². The molecular weight excluding hydrogens is 424 g/mol. The van der Waals surface area contributed by atoms with Crippen LogP contribution in [0.15, 0.2) is 100 Å². The number of sulfone groups is 1. The molecule has 2 aromatic heterocycles. The summed E-state index contributed by atoms with van der Waals surface area (Å²) in [5.74, 6) is 0.278. The van der Waals surface area contributed by atoms with E-state index in [4.69, 9.17) is 5.26 Å². The van der Waals surface area contributed by atoms with E-state index in [0.29, 0.717) is 6.54 Å². The summed E-state index contributed by atoms with van der Waals surface area (Å²) in [6, 6.07) is 18.6. The Morgan fingerprint density at radius 1 is 0.969 bits per heavy atom. The van der Waals surface area contributed by atoms with Gasteiger partial charge in [-0.1, -0.05) is 18.2 Å². The van der Waals surface area contributed by atoms with Crippen LogP contribution in [-0.4, -0.2) is 24.3 Å². The molecule has 0 unspecified atom stereocenters. The third kappa shape index (κ3) is 4.71. The van der Waals surface area contributed by atoms with Crippen molar-refractivity contribution in [1.82, 2.24) is 15.3 Å². The van der Waals surface area contributed by atoms with E-state index in [-0.39, 0.29) is 15.8 Å². The van der Waals surface area contributed by atoms with E-state index in [1.54, 1.807) is 85.4 Å². The van der Waals surface area contributed by atoms with E-state index in [0.717, 1.165) is 22.2 Å². The lowest BCUT2D eigenvalue weighted by Gasteiger charge is -2.11. The first-order valence-electron chi connectivity index (χ1n) is 9.63. The highest BCUT2D eigenvalue weighted by Crippen LogP contribution is 2.24. The lowest BCUT2D eigenvalue weighted by atomic mass is 10.2. The number of guanidine groups is 1. The third-order valence-electron chi connectivity index (χ3n) is 4.68. The summed E-state index contributed by atoms with van der Waals surface area (Å²) in [6.45, 7) is 0.348. The molecule has 0 saturated heterocycles. The maximum Gasteiger partial charge on any atom is 0.212 e. The number of aromatic nitrogens is 2. The number of rotatable bonds is 5. The summed E-state index contributed by atoms with van der Waals surface area (Å²) in [5.41, 5.74) is 2.30. The van der Waals surface area contributed by atoms with E-state index in [9.17, 15) is 8.42 Å². The Morgan fingerprint density at radius 2 is 1.72 bits per heavy atom. The molecule has 2 N–H and O–H groups in total. The highest BCUT2D eigenvalue weighted by molar-refractivity contribution is 7.91. The van der Waals surface area contributed by atoms with Crippen molar-refractivity contribution in [3.05, 3.63) is 90.9 Å². The molecule has 4 aromatic rings. The molecule has 0 saturated carbocycles. The fraction of sp³-hybridized carbons (Fsp3) is 0.0435. The average molecular weight is 443 g/mol. The van der Waals surface area contributed by atoms with Crippen LogP contribution in [0.4, 0.5) is 5.69 Å². The van der Waals surface area contributed by atoms with Gasteiger partial charge in [-0.15, -0.1) is 4.99 Å². The van der Waals surface area contributed by atoms with Crippen molar-refractivity contribution in [2.75, 3.05) is 5.32 Å². The number of nitrogens with one attached hydrogen (secondary N) is 2. The Balaban J connectivity index is 1.48. The third-order valence-corrected chi connectivity index (χ3v) is 6.45. The van der Waals surface area contributed by atoms with Crippen LogP contribution < -0.4 is 10.6 Å². The van der Waals surface area contributed by atoms with E-state index in [2.05, 4.69) is 25.6 Å². The number of anilines is 1. The van der Waals surface area contributed by atoms with Crippen LogP contribution in [0.25, 0.3) is 10.9 Å². The van der Waals surface area contributed by atoms with Crippen LogP contribution in [0.2, 0.25) is 0 Å².